The van der Waals surface area contributed by atoms with Crippen molar-refractivity contribution < 1.29 is 23.9 Å². The molecular formula is C18H19N3O6. The van der Waals surface area contributed by atoms with Crippen molar-refractivity contribution in [3.63, 3.8) is 0 Å². The fraction of sp³-hybridized carbons (Fsp3) is 0.222. The van der Waals surface area contributed by atoms with Crippen LogP contribution < -0.4 is 14.9 Å². The summed E-state index contributed by atoms with van der Waals surface area (Å²) in [6.45, 7) is 1.80. The van der Waals surface area contributed by atoms with Crippen LogP contribution in [-0.2, 0) is 9.53 Å². The number of nitro groups is 1. The van der Waals surface area contributed by atoms with E-state index in [1.165, 1.54) is 19.2 Å². The van der Waals surface area contributed by atoms with Crippen LogP contribution in [0.3, 0.4) is 0 Å². The molecule has 2 rings (SSSR count). The van der Waals surface area contributed by atoms with Gasteiger partial charge in [0.1, 0.15) is 0 Å². The molecular weight excluding hydrogens is 354 g/mol. The Morgan fingerprint density at radius 3 is 2.59 bits per heavy atom. The van der Waals surface area contributed by atoms with Crippen molar-refractivity contribution in [1.82, 2.24) is 0 Å². The standard InChI is InChI=1S/C18H19N3O6/c1-3-26-18(22)12-27-16-9-4-13(10-17(16)25-2)11-19-20-14-5-7-15(8-6-14)21(23)24/h4-11,20H,3,12H2,1-2H3. The molecule has 0 heterocycles. The summed E-state index contributed by atoms with van der Waals surface area (Å²) in [5, 5.41) is 14.7. The summed E-state index contributed by atoms with van der Waals surface area (Å²) < 4.78 is 15.4. The van der Waals surface area contributed by atoms with Crippen LogP contribution in [0.5, 0.6) is 11.5 Å². The third-order valence-corrected chi connectivity index (χ3v) is 3.32. The van der Waals surface area contributed by atoms with Gasteiger partial charge in [-0.3, -0.25) is 15.5 Å². The second-order valence-electron chi connectivity index (χ2n) is 5.18. The Morgan fingerprint density at radius 2 is 1.96 bits per heavy atom. The summed E-state index contributed by atoms with van der Waals surface area (Å²) in [5.41, 5.74) is 4.12. The first-order valence-electron chi connectivity index (χ1n) is 8.03. The quantitative estimate of drug-likeness (QED) is 0.311. The molecule has 1 N–H and O–H groups in total. The van der Waals surface area contributed by atoms with E-state index in [1.54, 1.807) is 43.5 Å². The lowest BCUT2D eigenvalue weighted by atomic mass is 10.2. The minimum atomic E-state index is -0.467. The van der Waals surface area contributed by atoms with Crippen LogP contribution in [0, 0.1) is 10.1 Å². The van der Waals surface area contributed by atoms with Gasteiger partial charge in [-0.25, -0.2) is 4.79 Å². The molecule has 142 valence electrons. The Morgan fingerprint density at radius 1 is 1.22 bits per heavy atom. The number of esters is 1. The van der Waals surface area contributed by atoms with Gasteiger partial charge in [-0.15, -0.1) is 0 Å². The lowest BCUT2D eigenvalue weighted by Gasteiger charge is -2.10. The first-order chi connectivity index (χ1) is 13.0. The van der Waals surface area contributed by atoms with Crippen LogP contribution >= 0.6 is 0 Å². The lowest BCUT2D eigenvalue weighted by Crippen LogP contribution is -2.14. The molecule has 0 aliphatic heterocycles. The van der Waals surface area contributed by atoms with Gasteiger partial charge in [-0.1, -0.05) is 0 Å². The van der Waals surface area contributed by atoms with Crippen LogP contribution in [0.25, 0.3) is 0 Å². The lowest BCUT2D eigenvalue weighted by molar-refractivity contribution is -0.384. The van der Waals surface area contributed by atoms with E-state index in [0.29, 0.717) is 17.2 Å². The van der Waals surface area contributed by atoms with E-state index >= 15 is 0 Å². The number of carbonyl (C=O) groups excluding carboxylic acids is 1. The number of hydrogen-bond acceptors (Lipinski definition) is 8. The van der Waals surface area contributed by atoms with Crippen molar-refractivity contribution in [1.29, 1.82) is 0 Å². The van der Waals surface area contributed by atoms with Crippen molar-refractivity contribution in [2.45, 2.75) is 6.92 Å². The summed E-state index contributed by atoms with van der Waals surface area (Å²) >= 11 is 0. The predicted octanol–water partition coefficient (Wildman–Crippen LogP) is 2.99. The second-order valence-corrected chi connectivity index (χ2v) is 5.18. The monoisotopic (exact) mass is 373 g/mol. The Bertz CT molecular complexity index is 820. The van der Waals surface area contributed by atoms with Crippen LogP contribution in [0.15, 0.2) is 47.6 Å². The molecule has 9 nitrogen and oxygen atoms in total. The highest BCUT2D eigenvalue weighted by Crippen LogP contribution is 2.27. The van der Waals surface area contributed by atoms with Crippen molar-refractivity contribution in [3.8, 4) is 11.5 Å². The molecule has 0 atom stereocenters. The van der Waals surface area contributed by atoms with Gasteiger partial charge in [-0.05, 0) is 42.8 Å². The number of rotatable bonds is 9. The van der Waals surface area contributed by atoms with E-state index in [2.05, 4.69) is 10.5 Å². The SMILES string of the molecule is CCOC(=O)COc1ccc(C=NNc2ccc([N+](=O)[O-])cc2)cc1OC. The van der Waals surface area contributed by atoms with Gasteiger partial charge in [0.15, 0.2) is 18.1 Å². The number of non-ortho nitro benzene ring substituents is 1. The number of hydrazone groups is 1. The third-order valence-electron chi connectivity index (χ3n) is 3.32. The normalized spacial score (nSPS) is 10.4. The maximum atomic E-state index is 11.4. The number of nitro benzene ring substituents is 1. The highest BCUT2D eigenvalue weighted by Gasteiger charge is 2.09. The zero-order valence-corrected chi connectivity index (χ0v) is 14.9. The van der Waals surface area contributed by atoms with Gasteiger partial charge in [0, 0.05) is 12.1 Å². The van der Waals surface area contributed by atoms with Crippen molar-refractivity contribution in [2.24, 2.45) is 5.10 Å². The molecule has 0 saturated heterocycles. The maximum absolute atomic E-state index is 11.4. The zero-order valence-electron chi connectivity index (χ0n) is 14.9. The molecule has 0 fully saturated rings. The Hall–Kier alpha value is -3.62. The van der Waals surface area contributed by atoms with Gasteiger partial charge in [-0.2, -0.15) is 5.10 Å². The minimum absolute atomic E-state index is 0.00710. The fourth-order valence-corrected chi connectivity index (χ4v) is 2.06. The van der Waals surface area contributed by atoms with Gasteiger partial charge in [0.25, 0.3) is 5.69 Å². The number of nitrogens with one attached hydrogen (secondary N) is 1. The van der Waals surface area contributed by atoms with Gasteiger partial charge >= 0.3 is 5.97 Å². The molecule has 9 heteroatoms. The van der Waals surface area contributed by atoms with E-state index in [1.807, 2.05) is 0 Å². The number of carbonyl (C=O) groups is 1. The average molecular weight is 373 g/mol. The largest absolute Gasteiger partial charge is 0.493 e. The van der Waals surface area contributed by atoms with Crippen molar-refractivity contribution in [2.75, 3.05) is 25.7 Å². The number of nitrogens with zero attached hydrogens (tertiary/aromatic N) is 2. The molecule has 2 aromatic rings. The third kappa shape index (κ3) is 5.99. The van der Waals surface area contributed by atoms with Crippen molar-refractivity contribution >= 4 is 23.6 Å². The molecule has 0 aromatic heterocycles. The smallest absolute Gasteiger partial charge is 0.344 e. The van der Waals surface area contributed by atoms with Gasteiger partial charge < -0.3 is 14.2 Å². The topological polar surface area (TPSA) is 112 Å². The zero-order chi connectivity index (χ0) is 19.6. The maximum Gasteiger partial charge on any atom is 0.344 e. The van der Waals surface area contributed by atoms with Gasteiger partial charge in [0.2, 0.25) is 0 Å². The first-order valence-corrected chi connectivity index (χ1v) is 8.03. The van der Waals surface area contributed by atoms with Crippen LogP contribution in [0.1, 0.15) is 12.5 Å². The Labute approximate surface area is 155 Å². The molecule has 0 radical (unpaired) electrons. The summed E-state index contributed by atoms with van der Waals surface area (Å²) in [6.07, 6.45) is 1.55. The Kier molecular flexibility index (Phi) is 7.12. The highest BCUT2D eigenvalue weighted by atomic mass is 16.6. The second kappa shape index (κ2) is 9.76. The average Bonchev–Trinajstić information content (AvgIpc) is 2.67. The summed E-state index contributed by atoms with van der Waals surface area (Å²) in [7, 11) is 1.49. The molecule has 0 bridgehead atoms. The fourth-order valence-electron chi connectivity index (χ4n) is 2.06. The van der Waals surface area contributed by atoms with Crippen molar-refractivity contribution in [3.05, 3.63) is 58.1 Å². The molecule has 27 heavy (non-hydrogen) atoms. The molecule has 0 amide bonds. The number of anilines is 1. The number of benzene rings is 2. The van der Waals surface area contributed by atoms with E-state index < -0.39 is 10.9 Å². The molecule has 0 aliphatic carbocycles. The molecule has 0 aliphatic rings. The van der Waals surface area contributed by atoms with Crippen LogP contribution in [0.2, 0.25) is 0 Å². The summed E-state index contributed by atoms with van der Waals surface area (Å²) in [6, 6.07) is 11.0. The van der Waals surface area contributed by atoms with Crippen LogP contribution in [0.4, 0.5) is 11.4 Å². The number of hydrogen-bond donors (Lipinski definition) is 1. The Balaban J connectivity index is 1.98. The number of ether oxygens (including phenoxy) is 3. The molecule has 0 unspecified atom stereocenters. The molecule has 0 spiro atoms. The first kappa shape index (κ1) is 19.7. The van der Waals surface area contributed by atoms with E-state index in [0.717, 1.165) is 5.56 Å². The molecule has 2 aromatic carbocycles. The summed E-state index contributed by atoms with van der Waals surface area (Å²) in [4.78, 5) is 21.5. The number of methoxy groups -OCH3 is 1. The predicted molar refractivity (Wildman–Crippen MR) is 99.4 cm³/mol. The minimum Gasteiger partial charge on any atom is -0.493 e. The highest BCUT2D eigenvalue weighted by molar-refractivity contribution is 5.81. The van der Waals surface area contributed by atoms with E-state index in [9.17, 15) is 14.9 Å². The van der Waals surface area contributed by atoms with E-state index in [4.69, 9.17) is 14.2 Å². The van der Waals surface area contributed by atoms with Crippen LogP contribution in [-0.4, -0.2) is 37.4 Å². The molecule has 0 saturated carbocycles. The summed E-state index contributed by atoms with van der Waals surface area (Å²) in [5.74, 6) is 0.391. The van der Waals surface area contributed by atoms with E-state index in [-0.39, 0.29) is 18.9 Å². The van der Waals surface area contributed by atoms with Gasteiger partial charge in [0.05, 0.1) is 30.5 Å².